The van der Waals surface area contributed by atoms with Crippen LogP contribution in [0.2, 0.25) is 0 Å². The van der Waals surface area contributed by atoms with Gasteiger partial charge in [0, 0.05) is 6.42 Å². The fraction of sp³-hybridized carbons (Fsp3) is 0.929. The smallest absolute Gasteiger partial charge is 0.220 e. The van der Waals surface area contributed by atoms with Crippen LogP contribution in [0.5, 0.6) is 0 Å². The maximum absolute atomic E-state index is 10.4. The van der Waals surface area contributed by atoms with Crippen LogP contribution in [0.3, 0.4) is 0 Å². The maximum Gasteiger partial charge on any atom is 0.220 e. The van der Waals surface area contributed by atoms with E-state index in [0.717, 1.165) is 11.8 Å². The molecule has 0 unspecified atom stereocenters. The molecule has 0 spiro atoms. The van der Waals surface area contributed by atoms with E-state index in [1.54, 1.807) is 0 Å². The van der Waals surface area contributed by atoms with Gasteiger partial charge < -0.3 is 10.4 Å². The number of carbonyl (C=O) groups is 1. The maximum atomic E-state index is 10.4. The van der Waals surface area contributed by atoms with Gasteiger partial charge in [0.1, 0.15) is 0 Å². The van der Waals surface area contributed by atoms with Crippen LogP contribution in [0.15, 0.2) is 0 Å². The van der Waals surface area contributed by atoms with Crippen molar-refractivity contribution in [3.63, 3.8) is 0 Å². The predicted molar refractivity (Wildman–Crippen MR) is 74.0 cm³/mol. The molecule has 1 aliphatic carbocycles. The lowest BCUT2D eigenvalue weighted by molar-refractivity contribution is -0.119. The van der Waals surface area contributed by atoms with Crippen molar-refractivity contribution in [3.8, 4) is 0 Å². The van der Waals surface area contributed by atoms with Crippen molar-refractivity contribution in [2.75, 3.05) is 6.61 Å². The molecule has 1 amide bonds. The van der Waals surface area contributed by atoms with Crippen molar-refractivity contribution in [1.29, 1.82) is 0 Å². The number of hydrogen-bond donors (Lipinski definition) is 2. The molecule has 3 nitrogen and oxygen atoms in total. The minimum atomic E-state index is 0.0301. The Bertz CT molecular complexity index is 185. The van der Waals surface area contributed by atoms with E-state index in [-0.39, 0.29) is 18.6 Å². The van der Waals surface area contributed by atoms with E-state index in [9.17, 15) is 4.79 Å². The Hall–Kier alpha value is -0.570. The zero-order chi connectivity index (χ0) is 13.9. The number of aliphatic hydroxyl groups is 1. The topological polar surface area (TPSA) is 49.3 Å². The summed E-state index contributed by atoms with van der Waals surface area (Å²) >= 11 is 0. The molecule has 17 heavy (non-hydrogen) atoms. The summed E-state index contributed by atoms with van der Waals surface area (Å²) in [4.78, 5) is 10.4. The van der Waals surface area contributed by atoms with Crippen molar-refractivity contribution >= 4 is 5.91 Å². The van der Waals surface area contributed by atoms with Crippen molar-refractivity contribution in [1.82, 2.24) is 5.32 Å². The largest absolute Gasteiger partial charge is 0.394 e. The Morgan fingerprint density at radius 2 is 1.65 bits per heavy atom. The standard InChI is InChI=1S/C5H9NO2.C5H10.2C2H6/c7-3-4-1-2-5(8)6-4;1-5(2)3-4-5;2*1-2/h4,7H,1-3H2,(H,6,8);3-4H2,1-2H3;2*1-2H3/t4-;;;/m0.../s1. The second-order valence-electron chi connectivity index (χ2n) is 4.65. The summed E-state index contributed by atoms with van der Waals surface area (Å²) < 4.78 is 0. The molecule has 0 aromatic rings. The second-order valence-corrected chi connectivity index (χ2v) is 4.65. The van der Waals surface area contributed by atoms with Gasteiger partial charge in [0.15, 0.2) is 0 Å². The van der Waals surface area contributed by atoms with Crippen molar-refractivity contribution in [3.05, 3.63) is 0 Å². The van der Waals surface area contributed by atoms with E-state index in [1.165, 1.54) is 12.8 Å². The van der Waals surface area contributed by atoms with Crippen LogP contribution < -0.4 is 5.32 Å². The molecule has 1 atom stereocenters. The third kappa shape index (κ3) is 11.7. The van der Waals surface area contributed by atoms with Gasteiger partial charge in [-0.2, -0.15) is 0 Å². The molecule has 3 heteroatoms. The Balaban J connectivity index is 0. The first-order chi connectivity index (χ1) is 8.03. The zero-order valence-electron chi connectivity index (χ0n) is 12.5. The summed E-state index contributed by atoms with van der Waals surface area (Å²) in [7, 11) is 0. The Morgan fingerprint density at radius 3 is 1.76 bits per heavy atom. The number of rotatable bonds is 1. The molecule has 2 aliphatic rings. The van der Waals surface area contributed by atoms with E-state index in [1.807, 2.05) is 27.7 Å². The molecule has 2 fully saturated rings. The molecule has 1 saturated carbocycles. The molecule has 0 radical (unpaired) electrons. The van der Waals surface area contributed by atoms with Gasteiger partial charge in [-0.25, -0.2) is 0 Å². The normalized spacial score (nSPS) is 22.8. The fourth-order valence-corrected chi connectivity index (χ4v) is 1.06. The highest BCUT2D eigenvalue weighted by molar-refractivity contribution is 5.78. The molecule has 0 bridgehead atoms. The average Bonchev–Trinajstić information content (AvgIpc) is 2.89. The summed E-state index contributed by atoms with van der Waals surface area (Å²) in [5, 5.41) is 11.1. The SMILES string of the molecule is CC.CC.CC1(C)CC1.O=C1CC[C@@H](CO)N1. The van der Waals surface area contributed by atoms with Gasteiger partial charge in [0.05, 0.1) is 12.6 Å². The van der Waals surface area contributed by atoms with Crippen LogP contribution in [0.1, 0.15) is 67.2 Å². The van der Waals surface area contributed by atoms with Crippen LogP contribution in [0, 0.1) is 5.41 Å². The summed E-state index contributed by atoms with van der Waals surface area (Å²) in [6, 6.07) is 0.0301. The first kappa shape index (κ1) is 18.8. The number of amides is 1. The molecule has 104 valence electrons. The van der Waals surface area contributed by atoms with Gasteiger partial charge >= 0.3 is 0 Å². The van der Waals surface area contributed by atoms with Crippen LogP contribution in [0.4, 0.5) is 0 Å². The minimum absolute atomic E-state index is 0.0301. The highest BCUT2D eigenvalue weighted by Gasteiger charge is 2.30. The van der Waals surface area contributed by atoms with Crippen LogP contribution >= 0.6 is 0 Å². The highest BCUT2D eigenvalue weighted by Crippen LogP contribution is 2.43. The molecule has 2 rings (SSSR count). The second kappa shape index (κ2) is 10.6. The lowest BCUT2D eigenvalue weighted by Crippen LogP contribution is -2.28. The molecule has 0 aromatic carbocycles. The third-order valence-electron chi connectivity index (χ3n) is 2.56. The van der Waals surface area contributed by atoms with Crippen molar-refractivity contribution < 1.29 is 9.90 Å². The van der Waals surface area contributed by atoms with Crippen LogP contribution in [-0.4, -0.2) is 23.7 Å². The highest BCUT2D eigenvalue weighted by atomic mass is 16.3. The van der Waals surface area contributed by atoms with E-state index >= 15 is 0 Å². The Kier molecular flexibility index (Phi) is 11.7. The fourth-order valence-electron chi connectivity index (χ4n) is 1.06. The summed E-state index contributed by atoms with van der Waals surface area (Å²) in [6.07, 6.45) is 4.26. The predicted octanol–water partition coefficient (Wildman–Crippen LogP) is 3.12. The monoisotopic (exact) mass is 245 g/mol. The average molecular weight is 245 g/mol. The first-order valence-corrected chi connectivity index (χ1v) is 6.94. The summed E-state index contributed by atoms with van der Waals surface area (Å²) in [5.74, 6) is 0.0593. The lowest BCUT2D eigenvalue weighted by atomic mass is 10.2. The van der Waals surface area contributed by atoms with E-state index < -0.39 is 0 Å². The minimum Gasteiger partial charge on any atom is -0.394 e. The molecular formula is C14H31NO2. The van der Waals surface area contributed by atoms with E-state index in [0.29, 0.717) is 6.42 Å². The van der Waals surface area contributed by atoms with Gasteiger partial charge in [0.25, 0.3) is 0 Å². The molecule has 2 N–H and O–H groups in total. The number of aliphatic hydroxyl groups excluding tert-OH is 1. The third-order valence-corrected chi connectivity index (χ3v) is 2.56. The molecule has 1 saturated heterocycles. The van der Waals surface area contributed by atoms with Gasteiger partial charge in [0.2, 0.25) is 5.91 Å². The first-order valence-electron chi connectivity index (χ1n) is 6.94. The van der Waals surface area contributed by atoms with Crippen LogP contribution in [0.25, 0.3) is 0 Å². The van der Waals surface area contributed by atoms with E-state index in [4.69, 9.17) is 5.11 Å². The van der Waals surface area contributed by atoms with Gasteiger partial charge in [-0.15, -0.1) is 0 Å². The van der Waals surface area contributed by atoms with Crippen molar-refractivity contribution in [2.45, 2.75) is 73.3 Å². The Labute approximate surface area is 107 Å². The van der Waals surface area contributed by atoms with Gasteiger partial charge in [-0.05, 0) is 24.7 Å². The summed E-state index contributed by atoms with van der Waals surface area (Å²) in [5.41, 5.74) is 0.750. The molecule has 1 aliphatic heterocycles. The molecule has 0 aromatic heterocycles. The number of nitrogens with one attached hydrogen (secondary N) is 1. The quantitative estimate of drug-likeness (QED) is 0.745. The number of hydrogen-bond acceptors (Lipinski definition) is 2. The lowest BCUT2D eigenvalue weighted by Gasteiger charge is -2.01. The number of carbonyl (C=O) groups excluding carboxylic acids is 1. The summed E-state index contributed by atoms with van der Waals surface area (Å²) in [6.45, 7) is 12.7. The molecular weight excluding hydrogens is 214 g/mol. The zero-order valence-corrected chi connectivity index (χ0v) is 12.5. The van der Waals surface area contributed by atoms with Crippen LogP contribution in [-0.2, 0) is 4.79 Å². The Morgan fingerprint density at radius 1 is 1.24 bits per heavy atom. The molecule has 1 heterocycles. The van der Waals surface area contributed by atoms with Gasteiger partial charge in [-0.3, -0.25) is 4.79 Å². The van der Waals surface area contributed by atoms with Gasteiger partial charge in [-0.1, -0.05) is 41.5 Å². The van der Waals surface area contributed by atoms with E-state index in [2.05, 4.69) is 19.2 Å². The van der Waals surface area contributed by atoms with Crippen molar-refractivity contribution in [2.24, 2.45) is 5.41 Å².